The summed E-state index contributed by atoms with van der Waals surface area (Å²) in [5.41, 5.74) is -2.15. The van der Waals surface area contributed by atoms with Crippen LogP contribution in [0.25, 0.3) is 0 Å². The number of rotatable bonds is 3. The third kappa shape index (κ3) is 3.03. The molecule has 1 unspecified atom stereocenters. The first-order valence-corrected chi connectivity index (χ1v) is 6.63. The van der Waals surface area contributed by atoms with Crippen LogP contribution in [0, 0.1) is 0 Å². The van der Waals surface area contributed by atoms with Gasteiger partial charge in [-0.25, -0.2) is 4.79 Å². The average molecular weight is 302 g/mol. The summed E-state index contributed by atoms with van der Waals surface area (Å²) >= 11 is 0. The lowest BCUT2D eigenvalue weighted by Crippen LogP contribution is -2.56. The predicted molar refractivity (Wildman–Crippen MR) is 70.9 cm³/mol. The van der Waals surface area contributed by atoms with Crippen LogP contribution in [-0.4, -0.2) is 42.2 Å². The number of nitrogens with one attached hydrogen (secondary N) is 1. The van der Waals surface area contributed by atoms with Gasteiger partial charge in [0.05, 0.1) is 5.56 Å². The lowest BCUT2D eigenvalue weighted by atomic mass is 9.88. The van der Waals surface area contributed by atoms with Crippen molar-refractivity contribution < 1.29 is 23.1 Å². The van der Waals surface area contributed by atoms with E-state index in [0.717, 1.165) is 12.1 Å². The van der Waals surface area contributed by atoms with E-state index < -0.39 is 23.2 Å². The molecular weight excluding hydrogens is 285 g/mol. The fraction of sp³-hybridized carbons (Fsp3) is 0.500. The van der Waals surface area contributed by atoms with Gasteiger partial charge in [0.25, 0.3) is 0 Å². The van der Waals surface area contributed by atoms with Crippen LogP contribution in [0.3, 0.4) is 0 Å². The van der Waals surface area contributed by atoms with Crippen LogP contribution in [0.15, 0.2) is 24.3 Å². The maximum atomic E-state index is 12.8. The average Bonchev–Trinajstić information content (AvgIpc) is 2.46. The fourth-order valence-corrected chi connectivity index (χ4v) is 2.55. The second kappa shape index (κ2) is 5.65. The molecule has 0 aromatic heterocycles. The number of halogens is 3. The number of carbonyl (C=O) groups is 1. The van der Waals surface area contributed by atoms with Crippen molar-refractivity contribution in [3.63, 3.8) is 0 Å². The number of piperazine rings is 1. The van der Waals surface area contributed by atoms with E-state index in [4.69, 9.17) is 0 Å². The van der Waals surface area contributed by atoms with Gasteiger partial charge in [0.1, 0.15) is 5.54 Å². The third-order valence-corrected chi connectivity index (χ3v) is 3.92. The highest BCUT2D eigenvalue weighted by Gasteiger charge is 2.43. The van der Waals surface area contributed by atoms with Crippen LogP contribution >= 0.6 is 0 Å². The summed E-state index contributed by atoms with van der Waals surface area (Å²) in [4.78, 5) is 13.4. The van der Waals surface area contributed by atoms with E-state index in [1.165, 1.54) is 19.1 Å². The number of carboxylic acids is 1. The maximum absolute atomic E-state index is 12.8. The number of hydrogen-bond acceptors (Lipinski definition) is 3. The van der Waals surface area contributed by atoms with Crippen LogP contribution in [-0.2, 0) is 16.5 Å². The van der Waals surface area contributed by atoms with E-state index in [-0.39, 0.29) is 5.56 Å². The molecule has 0 aliphatic carbocycles. The van der Waals surface area contributed by atoms with Crippen LogP contribution in [0.1, 0.15) is 18.1 Å². The molecule has 0 bridgehead atoms. The summed E-state index contributed by atoms with van der Waals surface area (Å²) in [6, 6.07) is 4.56. The first-order chi connectivity index (χ1) is 9.76. The zero-order valence-electron chi connectivity index (χ0n) is 11.6. The number of hydrogen-bond donors (Lipinski definition) is 2. The molecule has 1 heterocycles. The molecule has 1 aromatic carbocycles. The summed E-state index contributed by atoms with van der Waals surface area (Å²) in [7, 11) is 0. The monoisotopic (exact) mass is 302 g/mol. The Morgan fingerprint density at radius 1 is 1.24 bits per heavy atom. The van der Waals surface area contributed by atoms with Gasteiger partial charge in [-0.15, -0.1) is 0 Å². The van der Waals surface area contributed by atoms with Crippen molar-refractivity contribution in [2.24, 2.45) is 0 Å². The molecule has 7 heteroatoms. The van der Waals surface area contributed by atoms with Gasteiger partial charge in [0, 0.05) is 26.2 Å². The van der Waals surface area contributed by atoms with Crippen molar-refractivity contribution in [1.82, 2.24) is 10.2 Å². The maximum Gasteiger partial charge on any atom is 0.416 e. The molecule has 116 valence electrons. The minimum Gasteiger partial charge on any atom is -0.480 e. The molecule has 1 aromatic rings. The van der Waals surface area contributed by atoms with E-state index in [1.54, 1.807) is 4.90 Å². The van der Waals surface area contributed by atoms with Crippen LogP contribution in [0.5, 0.6) is 0 Å². The molecule has 1 fully saturated rings. The largest absolute Gasteiger partial charge is 0.480 e. The zero-order valence-corrected chi connectivity index (χ0v) is 11.6. The van der Waals surface area contributed by atoms with E-state index in [2.05, 4.69) is 5.32 Å². The number of carboxylic acid groups (broad SMARTS) is 1. The minimum atomic E-state index is -4.49. The minimum absolute atomic E-state index is 0.145. The second-order valence-corrected chi connectivity index (χ2v) is 5.19. The number of aliphatic carboxylic acids is 1. The van der Waals surface area contributed by atoms with Crippen molar-refractivity contribution in [1.29, 1.82) is 0 Å². The van der Waals surface area contributed by atoms with Gasteiger partial charge < -0.3 is 10.4 Å². The topological polar surface area (TPSA) is 52.6 Å². The van der Waals surface area contributed by atoms with Crippen molar-refractivity contribution in [3.8, 4) is 0 Å². The summed E-state index contributed by atoms with van der Waals surface area (Å²) in [6.07, 6.45) is -4.49. The molecule has 21 heavy (non-hydrogen) atoms. The third-order valence-electron chi connectivity index (χ3n) is 3.92. The van der Waals surface area contributed by atoms with E-state index >= 15 is 0 Å². The van der Waals surface area contributed by atoms with Crippen molar-refractivity contribution in [3.05, 3.63) is 35.4 Å². The molecule has 0 spiro atoms. The van der Waals surface area contributed by atoms with E-state index in [0.29, 0.717) is 26.2 Å². The molecule has 0 radical (unpaired) electrons. The van der Waals surface area contributed by atoms with Crippen LogP contribution in [0.2, 0.25) is 0 Å². The molecule has 1 saturated heterocycles. The van der Waals surface area contributed by atoms with Crippen LogP contribution in [0.4, 0.5) is 13.2 Å². The summed E-state index contributed by atoms with van der Waals surface area (Å²) in [6.45, 7) is 3.62. The quantitative estimate of drug-likeness (QED) is 0.895. The Hall–Kier alpha value is -1.60. The molecule has 0 saturated carbocycles. The highest BCUT2D eigenvalue weighted by Crippen LogP contribution is 2.34. The molecule has 2 rings (SSSR count). The zero-order chi connectivity index (χ0) is 15.7. The fourth-order valence-electron chi connectivity index (χ4n) is 2.55. The Morgan fingerprint density at radius 3 is 2.33 bits per heavy atom. The lowest BCUT2D eigenvalue weighted by molar-refractivity contribution is -0.152. The summed E-state index contributed by atoms with van der Waals surface area (Å²) < 4.78 is 38.5. The summed E-state index contributed by atoms with van der Waals surface area (Å²) in [5, 5.41) is 12.7. The first-order valence-electron chi connectivity index (χ1n) is 6.63. The SMILES string of the molecule is CC(C(=O)O)(c1cccc(C(F)(F)F)c1)N1CCNCC1. The lowest BCUT2D eigenvalue weighted by Gasteiger charge is -2.40. The smallest absolute Gasteiger partial charge is 0.416 e. The van der Waals surface area contributed by atoms with Crippen LogP contribution < -0.4 is 5.32 Å². The van der Waals surface area contributed by atoms with Gasteiger partial charge in [-0.05, 0) is 24.6 Å². The van der Waals surface area contributed by atoms with Gasteiger partial charge in [-0.1, -0.05) is 12.1 Å². The van der Waals surface area contributed by atoms with Crippen molar-refractivity contribution >= 4 is 5.97 Å². The normalized spacial score (nSPS) is 20.0. The highest BCUT2D eigenvalue weighted by molar-refractivity contribution is 5.80. The van der Waals surface area contributed by atoms with Crippen molar-refractivity contribution in [2.45, 2.75) is 18.6 Å². The molecule has 1 atom stereocenters. The predicted octanol–water partition coefficient (Wildman–Crippen LogP) is 1.91. The highest BCUT2D eigenvalue weighted by atomic mass is 19.4. The molecule has 2 N–H and O–H groups in total. The molecule has 1 aliphatic rings. The van der Waals surface area contributed by atoms with Gasteiger partial charge in [0.2, 0.25) is 0 Å². The van der Waals surface area contributed by atoms with Crippen molar-refractivity contribution in [2.75, 3.05) is 26.2 Å². The molecule has 1 aliphatic heterocycles. The molecular formula is C14H17F3N2O2. The Bertz CT molecular complexity index is 527. The Balaban J connectivity index is 2.45. The molecule has 4 nitrogen and oxygen atoms in total. The number of benzene rings is 1. The Morgan fingerprint density at radius 2 is 1.81 bits per heavy atom. The molecule has 0 amide bonds. The van der Waals surface area contributed by atoms with Gasteiger partial charge >= 0.3 is 12.1 Å². The van der Waals surface area contributed by atoms with Gasteiger partial charge in [-0.2, -0.15) is 13.2 Å². The Kier molecular flexibility index (Phi) is 4.25. The standard InChI is InChI=1S/C14H17F3N2O2/c1-13(12(20)21,19-7-5-18-6-8-19)10-3-2-4-11(9-10)14(15,16)17/h2-4,9,18H,5-8H2,1H3,(H,20,21). The van der Waals surface area contributed by atoms with Gasteiger partial charge in [-0.3, -0.25) is 4.90 Å². The second-order valence-electron chi connectivity index (χ2n) is 5.19. The summed E-state index contributed by atoms with van der Waals surface area (Å²) in [5.74, 6) is -1.15. The van der Waals surface area contributed by atoms with E-state index in [9.17, 15) is 23.1 Å². The van der Waals surface area contributed by atoms with E-state index in [1.807, 2.05) is 0 Å². The number of nitrogens with zero attached hydrogens (tertiary/aromatic N) is 1. The first kappa shape index (κ1) is 15.8. The Labute approximate surface area is 120 Å². The van der Waals surface area contributed by atoms with Gasteiger partial charge in [0.15, 0.2) is 0 Å². The number of alkyl halides is 3.